The van der Waals surface area contributed by atoms with Crippen molar-refractivity contribution in [3.05, 3.63) is 70.7 Å². The van der Waals surface area contributed by atoms with Gasteiger partial charge in [-0.05, 0) is 24.1 Å². The zero-order chi connectivity index (χ0) is 16.7. The molecule has 0 bridgehead atoms. The maximum atomic E-state index is 12.9. The van der Waals surface area contributed by atoms with Crippen LogP contribution in [-0.4, -0.2) is 23.2 Å². The lowest BCUT2D eigenvalue weighted by molar-refractivity contribution is 0.0717. The van der Waals surface area contributed by atoms with E-state index >= 15 is 0 Å². The van der Waals surface area contributed by atoms with Crippen molar-refractivity contribution in [1.29, 1.82) is 5.26 Å². The van der Waals surface area contributed by atoms with Crippen molar-refractivity contribution in [2.24, 2.45) is 0 Å². The first-order valence-electron chi connectivity index (χ1n) is 7.25. The fourth-order valence-electron chi connectivity index (χ4n) is 2.33. The smallest absolute Gasteiger partial charge is 0.256 e. The largest absolute Gasteiger partial charge is 0.318 e. The zero-order valence-electron chi connectivity index (χ0n) is 12.5. The van der Waals surface area contributed by atoms with Crippen LogP contribution in [0.4, 0.5) is 0 Å². The highest BCUT2D eigenvalue weighted by Gasteiger charge is 2.26. The van der Waals surface area contributed by atoms with Gasteiger partial charge in [0.2, 0.25) is 0 Å². The van der Waals surface area contributed by atoms with E-state index in [4.69, 9.17) is 23.2 Å². The fourth-order valence-corrected chi connectivity index (χ4v) is 2.66. The number of hydrogen-bond acceptors (Lipinski definition) is 2. The minimum atomic E-state index is -0.678. The molecule has 1 amide bonds. The maximum Gasteiger partial charge on any atom is 0.256 e. The molecule has 0 spiro atoms. The molecule has 0 aliphatic heterocycles. The van der Waals surface area contributed by atoms with E-state index in [0.29, 0.717) is 29.4 Å². The lowest BCUT2D eigenvalue weighted by Gasteiger charge is -2.28. The molecule has 0 heterocycles. The van der Waals surface area contributed by atoms with Crippen LogP contribution in [0.1, 0.15) is 28.4 Å². The summed E-state index contributed by atoms with van der Waals surface area (Å²) in [6.07, 6.45) is 0.600. The van der Waals surface area contributed by atoms with Gasteiger partial charge < -0.3 is 4.90 Å². The van der Waals surface area contributed by atoms with E-state index < -0.39 is 6.04 Å². The molecule has 1 unspecified atom stereocenters. The number of benzene rings is 2. The summed E-state index contributed by atoms with van der Waals surface area (Å²) in [7, 11) is 0. The number of nitriles is 1. The van der Waals surface area contributed by atoms with Crippen molar-refractivity contribution < 1.29 is 4.79 Å². The predicted molar refractivity (Wildman–Crippen MR) is 92.6 cm³/mol. The number of carbonyl (C=O) groups excluding carboxylic acids is 1. The topological polar surface area (TPSA) is 44.1 Å². The average molecular weight is 347 g/mol. The molecular weight excluding hydrogens is 331 g/mol. The van der Waals surface area contributed by atoms with Crippen molar-refractivity contribution >= 4 is 29.1 Å². The Morgan fingerprint density at radius 2 is 1.78 bits per heavy atom. The summed E-state index contributed by atoms with van der Waals surface area (Å²) < 4.78 is 0. The van der Waals surface area contributed by atoms with Crippen LogP contribution in [0.25, 0.3) is 0 Å². The van der Waals surface area contributed by atoms with Crippen molar-refractivity contribution in [3.63, 3.8) is 0 Å². The second-order valence-corrected chi connectivity index (χ2v) is 5.75. The third kappa shape index (κ3) is 4.25. The molecule has 0 aromatic heterocycles. The molecule has 3 nitrogen and oxygen atoms in total. The van der Waals surface area contributed by atoms with E-state index in [2.05, 4.69) is 6.07 Å². The minimum absolute atomic E-state index is 0.267. The van der Waals surface area contributed by atoms with Crippen LogP contribution >= 0.6 is 23.2 Å². The number of alkyl halides is 1. The van der Waals surface area contributed by atoms with Crippen LogP contribution in [0, 0.1) is 11.3 Å². The third-order valence-electron chi connectivity index (χ3n) is 3.45. The van der Waals surface area contributed by atoms with Crippen LogP contribution in [0.15, 0.2) is 54.6 Å². The Morgan fingerprint density at radius 1 is 1.13 bits per heavy atom. The standard InChI is InChI=1S/C18H16Cl2N2O/c19-11-6-12-22(17(13-21)14-7-2-1-3-8-14)18(23)15-9-4-5-10-16(15)20/h1-5,7-10,17H,6,11-12H2. The molecule has 118 valence electrons. The van der Waals surface area contributed by atoms with Crippen LogP contribution in [-0.2, 0) is 0 Å². The number of halogens is 2. The predicted octanol–water partition coefficient (Wildman–Crippen LogP) is 4.68. The Hall–Kier alpha value is -2.02. The Balaban J connectivity index is 2.38. The Kier molecular flexibility index (Phi) is 6.46. The molecule has 0 N–H and O–H groups in total. The summed E-state index contributed by atoms with van der Waals surface area (Å²) in [5.74, 6) is 0.148. The van der Waals surface area contributed by atoms with E-state index in [9.17, 15) is 10.1 Å². The number of nitrogens with zero attached hydrogens (tertiary/aromatic N) is 2. The van der Waals surface area contributed by atoms with Gasteiger partial charge in [0.1, 0.15) is 6.04 Å². The lowest BCUT2D eigenvalue weighted by atomic mass is 10.0. The van der Waals surface area contributed by atoms with Gasteiger partial charge in [-0.3, -0.25) is 4.79 Å². The first kappa shape index (κ1) is 17.3. The summed E-state index contributed by atoms with van der Waals surface area (Å²) in [5.41, 5.74) is 1.16. The van der Waals surface area contributed by atoms with E-state index in [1.807, 2.05) is 30.3 Å². The van der Waals surface area contributed by atoms with Gasteiger partial charge in [0.25, 0.3) is 5.91 Å². The van der Waals surface area contributed by atoms with E-state index in [0.717, 1.165) is 5.56 Å². The van der Waals surface area contributed by atoms with Crippen molar-refractivity contribution in [2.75, 3.05) is 12.4 Å². The normalized spacial score (nSPS) is 11.5. The Labute approximate surface area is 146 Å². The van der Waals surface area contributed by atoms with Crippen LogP contribution < -0.4 is 0 Å². The average Bonchev–Trinajstić information content (AvgIpc) is 2.59. The number of amides is 1. The van der Waals surface area contributed by atoms with Crippen LogP contribution in [0.5, 0.6) is 0 Å². The second-order valence-electron chi connectivity index (χ2n) is 4.96. The summed E-state index contributed by atoms with van der Waals surface area (Å²) in [6, 6.07) is 17.6. The maximum absolute atomic E-state index is 12.9. The van der Waals surface area contributed by atoms with Gasteiger partial charge in [-0.2, -0.15) is 5.26 Å². The number of rotatable bonds is 6. The molecule has 0 radical (unpaired) electrons. The molecule has 0 saturated heterocycles. The molecule has 0 saturated carbocycles. The highest BCUT2D eigenvalue weighted by Crippen LogP contribution is 2.25. The first-order valence-corrected chi connectivity index (χ1v) is 8.16. The first-order chi connectivity index (χ1) is 11.2. The molecular formula is C18H16Cl2N2O. The minimum Gasteiger partial charge on any atom is -0.318 e. The molecule has 23 heavy (non-hydrogen) atoms. The monoisotopic (exact) mass is 346 g/mol. The van der Waals surface area contributed by atoms with Gasteiger partial charge in [0.15, 0.2) is 0 Å². The molecule has 0 fully saturated rings. The quantitative estimate of drug-likeness (QED) is 0.713. The SMILES string of the molecule is N#CC(c1ccccc1)N(CCCCl)C(=O)c1ccccc1Cl. The van der Waals surface area contributed by atoms with Gasteiger partial charge in [-0.25, -0.2) is 0 Å². The number of carbonyl (C=O) groups is 1. The van der Waals surface area contributed by atoms with E-state index in [1.165, 1.54) is 4.90 Å². The van der Waals surface area contributed by atoms with E-state index in [1.54, 1.807) is 24.3 Å². The molecule has 0 aliphatic rings. The summed E-state index contributed by atoms with van der Waals surface area (Å²) in [4.78, 5) is 14.4. The lowest BCUT2D eigenvalue weighted by Crippen LogP contribution is -2.35. The molecule has 1 atom stereocenters. The molecule has 2 aromatic carbocycles. The Bertz CT molecular complexity index is 698. The van der Waals surface area contributed by atoms with Gasteiger partial charge in [-0.1, -0.05) is 54.1 Å². The molecule has 2 rings (SSSR count). The summed E-state index contributed by atoms with van der Waals surface area (Å²) in [5, 5.41) is 9.98. The Morgan fingerprint density at radius 3 is 2.39 bits per heavy atom. The highest BCUT2D eigenvalue weighted by molar-refractivity contribution is 6.33. The zero-order valence-corrected chi connectivity index (χ0v) is 14.0. The van der Waals surface area contributed by atoms with Gasteiger partial charge >= 0.3 is 0 Å². The summed E-state index contributed by atoms with van der Waals surface area (Å²) in [6.45, 7) is 0.390. The van der Waals surface area contributed by atoms with Crippen molar-refractivity contribution in [1.82, 2.24) is 4.90 Å². The third-order valence-corrected chi connectivity index (χ3v) is 4.04. The van der Waals surface area contributed by atoms with Gasteiger partial charge in [-0.15, -0.1) is 11.6 Å². The van der Waals surface area contributed by atoms with Gasteiger partial charge in [0, 0.05) is 12.4 Å². The molecule has 2 aromatic rings. The van der Waals surface area contributed by atoms with Crippen LogP contribution in [0.3, 0.4) is 0 Å². The summed E-state index contributed by atoms with van der Waals surface area (Å²) >= 11 is 11.9. The molecule has 5 heteroatoms. The van der Waals surface area contributed by atoms with Crippen molar-refractivity contribution in [3.8, 4) is 6.07 Å². The molecule has 0 aliphatic carbocycles. The van der Waals surface area contributed by atoms with Crippen molar-refractivity contribution in [2.45, 2.75) is 12.5 Å². The van der Waals surface area contributed by atoms with E-state index in [-0.39, 0.29) is 5.91 Å². The van der Waals surface area contributed by atoms with Crippen LogP contribution in [0.2, 0.25) is 5.02 Å². The highest BCUT2D eigenvalue weighted by atomic mass is 35.5. The van der Waals surface area contributed by atoms with Gasteiger partial charge in [0.05, 0.1) is 16.7 Å². The number of hydrogen-bond donors (Lipinski definition) is 0. The fraction of sp³-hybridized carbons (Fsp3) is 0.222. The second kappa shape index (κ2) is 8.57.